The number of aromatic nitrogens is 3. The summed E-state index contributed by atoms with van der Waals surface area (Å²) < 4.78 is 1.19. The zero-order chi connectivity index (χ0) is 15.7. The van der Waals surface area contributed by atoms with Crippen molar-refractivity contribution >= 4 is 12.0 Å². The molecule has 1 aromatic heterocycles. The molecule has 2 amide bonds. The van der Waals surface area contributed by atoms with Crippen LogP contribution in [0.5, 0.6) is 0 Å². The summed E-state index contributed by atoms with van der Waals surface area (Å²) >= 11 is 0. The van der Waals surface area contributed by atoms with Crippen LogP contribution < -0.4 is 5.32 Å². The first-order valence-electron chi connectivity index (χ1n) is 6.81. The zero-order valence-electron chi connectivity index (χ0n) is 12.0. The standard InChI is InChI=1S/C12H21N5O4/c1-2-3-4-16(5-6-18)12(21)13-7-10-8-17(15-14-10)9-11(19)20/h8,18H,2-7,9H2,1H3,(H,13,21)(H,19,20). The molecule has 0 saturated heterocycles. The fourth-order valence-electron chi connectivity index (χ4n) is 1.70. The summed E-state index contributed by atoms with van der Waals surface area (Å²) in [6, 6.07) is -0.287. The number of rotatable bonds is 9. The molecular weight excluding hydrogens is 278 g/mol. The van der Waals surface area contributed by atoms with Gasteiger partial charge in [0.05, 0.1) is 19.3 Å². The van der Waals surface area contributed by atoms with E-state index in [2.05, 4.69) is 15.6 Å². The molecule has 1 heterocycles. The van der Waals surface area contributed by atoms with Crippen LogP contribution in [-0.4, -0.2) is 61.8 Å². The number of amides is 2. The van der Waals surface area contributed by atoms with Crippen LogP contribution in [0.2, 0.25) is 0 Å². The number of carbonyl (C=O) groups excluding carboxylic acids is 1. The second-order valence-corrected chi connectivity index (χ2v) is 4.52. The first-order chi connectivity index (χ1) is 10.1. The third kappa shape index (κ3) is 6.21. The average Bonchev–Trinajstić information content (AvgIpc) is 2.87. The number of hydrogen-bond donors (Lipinski definition) is 3. The minimum atomic E-state index is -1.01. The minimum Gasteiger partial charge on any atom is -0.480 e. The van der Waals surface area contributed by atoms with Crippen molar-refractivity contribution in [1.82, 2.24) is 25.2 Å². The van der Waals surface area contributed by atoms with Crippen LogP contribution in [-0.2, 0) is 17.9 Å². The van der Waals surface area contributed by atoms with E-state index < -0.39 is 5.97 Å². The summed E-state index contributed by atoms with van der Waals surface area (Å²) in [7, 11) is 0. The Morgan fingerprint density at radius 1 is 1.43 bits per heavy atom. The highest BCUT2D eigenvalue weighted by molar-refractivity contribution is 5.74. The number of aliphatic carboxylic acids is 1. The monoisotopic (exact) mass is 299 g/mol. The lowest BCUT2D eigenvalue weighted by Gasteiger charge is -2.21. The molecule has 0 aliphatic carbocycles. The van der Waals surface area contributed by atoms with E-state index in [9.17, 15) is 9.59 Å². The van der Waals surface area contributed by atoms with E-state index in [0.29, 0.717) is 12.2 Å². The van der Waals surface area contributed by atoms with Crippen molar-refractivity contribution in [2.75, 3.05) is 19.7 Å². The van der Waals surface area contributed by atoms with Gasteiger partial charge in [0.25, 0.3) is 0 Å². The number of nitrogens with one attached hydrogen (secondary N) is 1. The van der Waals surface area contributed by atoms with Crippen molar-refractivity contribution in [3.63, 3.8) is 0 Å². The second-order valence-electron chi connectivity index (χ2n) is 4.52. The second kappa shape index (κ2) is 8.90. The molecule has 0 saturated carbocycles. The maximum absolute atomic E-state index is 12.0. The van der Waals surface area contributed by atoms with Crippen LogP contribution in [0.1, 0.15) is 25.5 Å². The summed E-state index contributed by atoms with van der Waals surface area (Å²) in [6.45, 7) is 2.68. The van der Waals surface area contributed by atoms with Crippen molar-refractivity contribution in [2.24, 2.45) is 0 Å². The number of carboxylic acids is 1. The predicted molar refractivity (Wildman–Crippen MR) is 73.5 cm³/mol. The number of carbonyl (C=O) groups is 2. The van der Waals surface area contributed by atoms with E-state index in [4.69, 9.17) is 10.2 Å². The lowest BCUT2D eigenvalue weighted by atomic mass is 10.3. The van der Waals surface area contributed by atoms with E-state index in [1.165, 1.54) is 15.8 Å². The van der Waals surface area contributed by atoms with Gasteiger partial charge in [0.15, 0.2) is 0 Å². The number of aliphatic hydroxyl groups excluding tert-OH is 1. The third-order valence-corrected chi connectivity index (χ3v) is 2.74. The smallest absolute Gasteiger partial charge is 0.325 e. The molecule has 3 N–H and O–H groups in total. The fraction of sp³-hybridized carbons (Fsp3) is 0.667. The minimum absolute atomic E-state index is 0.0913. The normalized spacial score (nSPS) is 10.4. The van der Waals surface area contributed by atoms with Crippen molar-refractivity contribution < 1.29 is 19.8 Å². The van der Waals surface area contributed by atoms with E-state index >= 15 is 0 Å². The molecule has 0 radical (unpaired) electrons. The molecule has 21 heavy (non-hydrogen) atoms. The molecule has 0 aliphatic rings. The SMILES string of the molecule is CCCCN(CCO)C(=O)NCc1cn(CC(=O)O)nn1. The molecule has 0 unspecified atom stereocenters. The van der Waals surface area contributed by atoms with Crippen LogP contribution in [0.25, 0.3) is 0 Å². The van der Waals surface area contributed by atoms with Crippen LogP contribution in [0, 0.1) is 0 Å². The lowest BCUT2D eigenvalue weighted by molar-refractivity contribution is -0.137. The maximum atomic E-state index is 12.0. The Bertz CT molecular complexity index is 462. The highest BCUT2D eigenvalue weighted by atomic mass is 16.4. The first-order valence-corrected chi connectivity index (χ1v) is 6.81. The summed E-state index contributed by atoms with van der Waals surface area (Å²) in [5.74, 6) is -1.01. The number of hydrogen-bond acceptors (Lipinski definition) is 5. The Kier molecular flexibility index (Phi) is 7.16. The molecule has 0 atom stereocenters. The van der Waals surface area contributed by atoms with Gasteiger partial charge in [-0.15, -0.1) is 5.10 Å². The molecule has 0 fully saturated rings. The quantitative estimate of drug-likeness (QED) is 0.574. The van der Waals surface area contributed by atoms with Gasteiger partial charge in [-0.25, -0.2) is 9.48 Å². The number of unbranched alkanes of at least 4 members (excludes halogenated alkanes) is 1. The molecule has 0 aromatic carbocycles. The molecule has 0 spiro atoms. The van der Waals surface area contributed by atoms with Crippen molar-refractivity contribution in [3.8, 4) is 0 Å². The fourth-order valence-corrected chi connectivity index (χ4v) is 1.70. The number of carboxylic acid groups (broad SMARTS) is 1. The van der Waals surface area contributed by atoms with Crippen LogP contribution in [0.15, 0.2) is 6.20 Å². The van der Waals surface area contributed by atoms with E-state index in [-0.39, 0.29) is 32.3 Å². The predicted octanol–water partition coefficient (Wildman–Crippen LogP) is -0.333. The van der Waals surface area contributed by atoms with Gasteiger partial charge < -0.3 is 20.4 Å². The van der Waals surface area contributed by atoms with Gasteiger partial charge >= 0.3 is 12.0 Å². The Hall–Kier alpha value is -2.16. The average molecular weight is 299 g/mol. The number of aliphatic hydroxyl groups is 1. The largest absolute Gasteiger partial charge is 0.480 e. The van der Waals surface area contributed by atoms with Crippen molar-refractivity contribution in [2.45, 2.75) is 32.9 Å². The van der Waals surface area contributed by atoms with E-state index in [1.54, 1.807) is 0 Å². The summed E-state index contributed by atoms with van der Waals surface area (Å²) in [4.78, 5) is 24.0. The molecule has 0 bridgehead atoms. The molecule has 0 aliphatic heterocycles. The molecule has 118 valence electrons. The third-order valence-electron chi connectivity index (χ3n) is 2.74. The van der Waals surface area contributed by atoms with Crippen LogP contribution >= 0.6 is 0 Å². The van der Waals surface area contributed by atoms with Gasteiger partial charge in [-0.3, -0.25) is 4.79 Å². The van der Waals surface area contributed by atoms with Gasteiger partial charge in [-0.1, -0.05) is 18.6 Å². The Morgan fingerprint density at radius 3 is 2.81 bits per heavy atom. The zero-order valence-corrected chi connectivity index (χ0v) is 12.0. The van der Waals surface area contributed by atoms with Gasteiger partial charge in [0.1, 0.15) is 12.2 Å². The van der Waals surface area contributed by atoms with Crippen LogP contribution in [0.3, 0.4) is 0 Å². The highest BCUT2D eigenvalue weighted by Crippen LogP contribution is 1.98. The summed E-state index contributed by atoms with van der Waals surface area (Å²) in [6.07, 6.45) is 3.29. The molecule has 9 heteroatoms. The van der Waals surface area contributed by atoms with Gasteiger partial charge in [0.2, 0.25) is 0 Å². The van der Waals surface area contributed by atoms with E-state index in [0.717, 1.165) is 12.8 Å². The van der Waals surface area contributed by atoms with Gasteiger partial charge in [0, 0.05) is 13.1 Å². The van der Waals surface area contributed by atoms with Crippen LogP contribution in [0.4, 0.5) is 4.79 Å². The summed E-state index contributed by atoms with van der Waals surface area (Å²) in [5.41, 5.74) is 0.476. The van der Waals surface area contributed by atoms with Gasteiger partial charge in [-0.2, -0.15) is 0 Å². The maximum Gasteiger partial charge on any atom is 0.325 e. The molecule has 1 aromatic rings. The number of urea groups is 1. The van der Waals surface area contributed by atoms with Gasteiger partial charge in [-0.05, 0) is 6.42 Å². The highest BCUT2D eigenvalue weighted by Gasteiger charge is 2.12. The molecule has 1 rings (SSSR count). The Labute approximate surface area is 122 Å². The Balaban J connectivity index is 2.46. The molecule has 9 nitrogen and oxygen atoms in total. The topological polar surface area (TPSA) is 121 Å². The molecular formula is C12H21N5O4. The van der Waals surface area contributed by atoms with Crippen molar-refractivity contribution in [1.29, 1.82) is 0 Å². The lowest BCUT2D eigenvalue weighted by Crippen LogP contribution is -2.41. The number of nitrogens with zero attached hydrogens (tertiary/aromatic N) is 4. The first kappa shape index (κ1) is 16.9. The van der Waals surface area contributed by atoms with Crippen molar-refractivity contribution in [3.05, 3.63) is 11.9 Å². The van der Waals surface area contributed by atoms with E-state index in [1.807, 2.05) is 6.92 Å². The Morgan fingerprint density at radius 2 is 2.19 bits per heavy atom. The summed E-state index contributed by atoms with van der Waals surface area (Å²) in [5, 5.41) is 27.7.